The Labute approximate surface area is 160 Å². The maximum atomic E-state index is 10.6. The van der Waals surface area contributed by atoms with Crippen molar-refractivity contribution in [1.29, 1.82) is 5.26 Å². The predicted molar refractivity (Wildman–Crippen MR) is 110 cm³/mol. The minimum Gasteiger partial charge on any atom is -0.494 e. The Hall–Kier alpha value is -3.26. The van der Waals surface area contributed by atoms with Gasteiger partial charge in [0.2, 0.25) is 6.41 Å². The standard InChI is InChI=1S/C20H19N3O2.C2H6/c1-3-23-19-11-16(25-4-2)9-10-17(19)18(12-21)20(23)14-5-7-15(8-6-14)22-13-24;1-2/h5-11,13H,3-4H2,1-2H3,(H,22,24);1-2H3. The summed E-state index contributed by atoms with van der Waals surface area (Å²) in [5.74, 6) is 0.795. The highest BCUT2D eigenvalue weighted by atomic mass is 16.5. The van der Waals surface area contributed by atoms with E-state index in [1.54, 1.807) is 0 Å². The van der Waals surface area contributed by atoms with Gasteiger partial charge in [0.05, 0.1) is 23.4 Å². The summed E-state index contributed by atoms with van der Waals surface area (Å²) in [6, 6.07) is 15.6. The molecule has 5 heteroatoms. The van der Waals surface area contributed by atoms with Crippen LogP contribution in [0.2, 0.25) is 0 Å². The molecule has 1 N–H and O–H groups in total. The zero-order valence-electron chi connectivity index (χ0n) is 16.2. The molecule has 1 heterocycles. The molecular formula is C22H25N3O2. The second kappa shape index (κ2) is 9.44. The van der Waals surface area contributed by atoms with Crippen LogP contribution in [0.5, 0.6) is 5.75 Å². The number of benzene rings is 2. The largest absolute Gasteiger partial charge is 0.494 e. The van der Waals surface area contributed by atoms with Gasteiger partial charge in [0.25, 0.3) is 0 Å². The lowest BCUT2D eigenvalue weighted by atomic mass is 10.1. The molecule has 0 unspecified atom stereocenters. The third-order valence-electron chi connectivity index (χ3n) is 4.16. The van der Waals surface area contributed by atoms with Crippen molar-refractivity contribution in [2.45, 2.75) is 34.2 Å². The van der Waals surface area contributed by atoms with Crippen LogP contribution in [0.25, 0.3) is 22.2 Å². The van der Waals surface area contributed by atoms with Gasteiger partial charge in [-0.05, 0) is 43.7 Å². The Morgan fingerprint density at radius 3 is 2.41 bits per heavy atom. The first-order valence-electron chi connectivity index (χ1n) is 9.23. The number of nitrogens with zero attached hydrogens (tertiary/aromatic N) is 2. The van der Waals surface area contributed by atoms with E-state index in [4.69, 9.17) is 4.74 Å². The topological polar surface area (TPSA) is 67.0 Å². The summed E-state index contributed by atoms with van der Waals surface area (Å²) in [5, 5.41) is 13.3. The number of aryl methyl sites for hydroxylation is 1. The minimum absolute atomic E-state index is 0.599. The van der Waals surface area contributed by atoms with Gasteiger partial charge in [-0.3, -0.25) is 4.79 Å². The van der Waals surface area contributed by atoms with Gasteiger partial charge in [-0.2, -0.15) is 5.26 Å². The van der Waals surface area contributed by atoms with Crippen LogP contribution < -0.4 is 10.1 Å². The number of hydrogen-bond donors (Lipinski definition) is 1. The molecule has 1 amide bonds. The number of aromatic nitrogens is 1. The first-order chi connectivity index (χ1) is 13.2. The van der Waals surface area contributed by atoms with E-state index >= 15 is 0 Å². The van der Waals surface area contributed by atoms with E-state index in [2.05, 4.69) is 22.9 Å². The van der Waals surface area contributed by atoms with E-state index in [1.807, 2.05) is 63.2 Å². The number of anilines is 1. The van der Waals surface area contributed by atoms with Crippen LogP contribution in [0.15, 0.2) is 42.5 Å². The maximum Gasteiger partial charge on any atom is 0.211 e. The quantitative estimate of drug-likeness (QED) is 0.613. The number of carbonyl (C=O) groups is 1. The molecule has 0 saturated carbocycles. The number of carbonyl (C=O) groups excluding carboxylic acids is 1. The Bertz CT molecular complexity index is 950. The zero-order valence-corrected chi connectivity index (χ0v) is 16.2. The second-order valence-electron chi connectivity index (χ2n) is 5.53. The Morgan fingerprint density at radius 2 is 1.85 bits per heavy atom. The molecule has 0 saturated heterocycles. The van der Waals surface area contributed by atoms with E-state index in [-0.39, 0.29) is 0 Å². The molecule has 0 aliphatic rings. The molecule has 3 aromatic rings. The summed E-state index contributed by atoms with van der Waals surface area (Å²) in [7, 11) is 0. The van der Waals surface area contributed by atoms with Gasteiger partial charge < -0.3 is 14.6 Å². The molecule has 0 spiro atoms. The molecule has 0 atom stereocenters. The van der Waals surface area contributed by atoms with Crippen molar-refractivity contribution in [2.75, 3.05) is 11.9 Å². The van der Waals surface area contributed by atoms with Crippen LogP contribution in [0, 0.1) is 11.3 Å². The van der Waals surface area contributed by atoms with Gasteiger partial charge in [-0.25, -0.2) is 0 Å². The molecule has 1 aromatic heterocycles. The molecule has 0 radical (unpaired) electrons. The summed E-state index contributed by atoms with van der Waals surface area (Å²) in [6.07, 6.45) is 0.647. The average Bonchev–Trinajstić information content (AvgIpc) is 3.03. The highest BCUT2D eigenvalue weighted by Crippen LogP contribution is 2.35. The molecule has 0 fully saturated rings. The fourth-order valence-corrected chi connectivity index (χ4v) is 3.12. The first-order valence-corrected chi connectivity index (χ1v) is 9.23. The van der Waals surface area contributed by atoms with Crippen LogP contribution in [-0.2, 0) is 11.3 Å². The minimum atomic E-state index is 0.599. The lowest BCUT2D eigenvalue weighted by Crippen LogP contribution is -1.99. The fraction of sp³-hybridized carbons (Fsp3) is 0.273. The highest BCUT2D eigenvalue weighted by Gasteiger charge is 2.18. The van der Waals surface area contributed by atoms with Gasteiger partial charge in [-0.1, -0.05) is 26.0 Å². The lowest BCUT2D eigenvalue weighted by Gasteiger charge is -2.10. The predicted octanol–water partition coefficient (Wildman–Crippen LogP) is 5.19. The Morgan fingerprint density at radius 1 is 1.15 bits per heavy atom. The summed E-state index contributed by atoms with van der Waals surface area (Å²) < 4.78 is 7.73. The first kappa shape index (κ1) is 20.1. The van der Waals surface area contributed by atoms with Crippen molar-refractivity contribution in [3.8, 4) is 23.1 Å². The summed E-state index contributed by atoms with van der Waals surface area (Å²) in [4.78, 5) is 10.6. The molecule has 5 nitrogen and oxygen atoms in total. The molecule has 3 rings (SSSR count). The van der Waals surface area contributed by atoms with Gasteiger partial charge in [0.1, 0.15) is 11.8 Å². The van der Waals surface area contributed by atoms with Crippen LogP contribution >= 0.6 is 0 Å². The SMILES string of the molecule is CC.CCOc1ccc2c(C#N)c(-c3ccc(NC=O)cc3)n(CC)c2c1. The molecule has 0 bridgehead atoms. The molecule has 0 aliphatic carbocycles. The highest BCUT2D eigenvalue weighted by molar-refractivity contribution is 5.95. The van der Waals surface area contributed by atoms with E-state index in [0.29, 0.717) is 18.6 Å². The van der Waals surface area contributed by atoms with Crippen LogP contribution in [0.1, 0.15) is 33.3 Å². The molecular weight excluding hydrogens is 338 g/mol. The summed E-state index contributed by atoms with van der Waals surface area (Å²) in [5.41, 5.74) is 4.16. The lowest BCUT2D eigenvalue weighted by molar-refractivity contribution is -0.105. The van der Waals surface area contributed by atoms with Crippen LogP contribution in [0.4, 0.5) is 5.69 Å². The Balaban J connectivity index is 0.00000126. The smallest absolute Gasteiger partial charge is 0.211 e. The van der Waals surface area contributed by atoms with Crippen molar-refractivity contribution >= 4 is 23.0 Å². The zero-order chi connectivity index (χ0) is 19.8. The molecule has 2 aromatic carbocycles. The number of ether oxygens (including phenoxy) is 1. The van der Waals surface area contributed by atoms with Crippen LogP contribution in [0.3, 0.4) is 0 Å². The normalized spacial score (nSPS) is 9.89. The second-order valence-corrected chi connectivity index (χ2v) is 5.53. The fourth-order valence-electron chi connectivity index (χ4n) is 3.12. The number of rotatable bonds is 6. The molecule has 0 aliphatic heterocycles. The summed E-state index contributed by atoms with van der Waals surface area (Å²) >= 11 is 0. The number of amides is 1. The monoisotopic (exact) mass is 363 g/mol. The van der Waals surface area contributed by atoms with Crippen molar-refractivity contribution in [2.24, 2.45) is 0 Å². The van der Waals surface area contributed by atoms with Gasteiger partial charge in [0.15, 0.2) is 0 Å². The van der Waals surface area contributed by atoms with Crippen molar-refractivity contribution < 1.29 is 9.53 Å². The van der Waals surface area contributed by atoms with Gasteiger partial charge >= 0.3 is 0 Å². The maximum absolute atomic E-state index is 10.6. The third-order valence-corrected chi connectivity index (χ3v) is 4.16. The van der Waals surface area contributed by atoms with Gasteiger partial charge in [-0.15, -0.1) is 0 Å². The van der Waals surface area contributed by atoms with E-state index in [0.717, 1.165) is 40.1 Å². The molecule has 27 heavy (non-hydrogen) atoms. The molecule has 140 valence electrons. The number of fused-ring (bicyclic) bond motifs is 1. The van der Waals surface area contributed by atoms with Crippen molar-refractivity contribution in [1.82, 2.24) is 4.57 Å². The average molecular weight is 363 g/mol. The van der Waals surface area contributed by atoms with Crippen molar-refractivity contribution in [3.05, 3.63) is 48.0 Å². The number of hydrogen-bond acceptors (Lipinski definition) is 3. The summed E-state index contributed by atoms with van der Waals surface area (Å²) in [6.45, 7) is 9.34. The van der Waals surface area contributed by atoms with Gasteiger partial charge in [0, 0.05) is 23.7 Å². The number of nitrogens with one attached hydrogen (secondary N) is 1. The van der Waals surface area contributed by atoms with Crippen LogP contribution in [-0.4, -0.2) is 17.6 Å². The van der Waals surface area contributed by atoms with Crippen molar-refractivity contribution in [3.63, 3.8) is 0 Å². The van der Waals surface area contributed by atoms with E-state index < -0.39 is 0 Å². The Kier molecular flexibility index (Phi) is 7.01. The van der Waals surface area contributed by atoms with E-state index in [1.165, 1.54) is 0 Å². The van der Waals surface area contributed by atoms with E-state index in [9.17, 15) is 10.1 Å². The number of nitriles is 1. The third kappa shape index (κ3) is 3.95.